The topological polar surface area (TPSA) is 95.7 Å². The van der Waals surface area contributed by atoms with Crippen molar-refractivity contribution in [2.45, 2.75) is 71.7 Å². The van der Waals surface area contributed by atoms with Gasteiger partial charge in [0.25, 0.3) is 0 Å². The smallest absolute Gasteiger partial charge is 0.243 e. The van der Waals surface area contributed by atoms with E-state index in [0.717, 1.165) is 6.42 Å². The number of amides is 2. The maximum absolute atomic E-state index is 12.5. The normalized spacial score (nSPS) is 22.8. The standard InChI is InChI=1S/C16H31N3O3/c1-9(2)13(17)16(22)19-8-6-7-12(19)15(21)18-14(10(3)4)11(5)20/h9-14,20H,6-8,17H2,1-5H3,(H,18,21)/t11?,12-,13-,14-/m0/s1. The minimum Gasteiger partial charge on any atom is -0.391 e. The van der Waals surface area contributed by atoms with Gasteiger partial charge in [0.15, 0.2) is 0 Å². The fraction of sp³-hybridized carbons (Fsp3) is 0.875. The highest BCUT2D eigenvalue weighted by molar-refractivity contribution is 5.90. The predicted molar refractivity (Wildman–Crippen MR) is 86.0 cm³/mol. The molecule has 6 nitrogen and oxygen atoms in total. The molecule has 0 saturated carbocycles. The molecule has 0 radical (unpaired) electrons. The molecule has 1 saturated heterocycles. The van der Waals surface area contributed by atoms with Crippen molar-refractivity contribution in [1.29, 1.82) is 0 Å². The summed E-state index contributed by atoms with van der Waals surface area (Å²) in [7, 11) is 0. The molecule has 4 N–H and O–H groups in total. The average molecular weight is 313 g/mol. The van der Waals surface area contributed by atoms with E-state index < -0.39 is 18.2 Å². The van der Waals surface area contributed by atoms with Crippen LogP contribution in [0.3, 0.4) is 0 Å². The Morgan fingerprint density at radius 2 is 1.77 bits per heavy atom. The summed E-state index contributed by atoms with van der Waals surface area (Å²) in [6, 6.07) is -1.37. The molecule has 1 fully saturated rings. The van der Waals surface area contributed by atoms with Gasteiger partial charge in [0, 0.05) is 6.54 Å². The largest absolute Gasteiger partial charge is 0.391 e. The summed E-state index contributed by atoms with van der Waals surface area (Å²) < 4.78 is 0. The van der Waals surface area contributed by atoms with E-state index in [9.17, 15) is 14.7 Å². The third-order valence-corrected chi connectivity index (χ3v) is 4.39. The van der Waals surface area contributed by atoms with Crippen LogP contribution < -0.4 is 11.1 Å². The van der Waals surface area contributed by atoms with Gasteiger partial charge < -0.3 is 21.1 Å². The summed E-state index contributed by atoms with van der Waals surface area (Å²) in [4.78, 5) is 26.5. The third-order valence-electron chi connectivity index (χ3n) is 4.39. The lowest BCUT2D eigenvalue weighted by molar-refractivity contribution is -0.140. The molecule has 0 aliphatic carbocycles. The van der Waals surface area contributed by atoms with Crippen molar-refractivity contribution in [2.75, 3.05) is 6.54 Å². The van der Waals surface area contributed by atoms with Gasteiger partial charge in [-0.1, -0.05) is 27.7 Å². The highest BCUT2D eigenvalue weighted by atomic mass is 16.3. The van der Waals surface area contributed by atoms with Crippen LogP contribution in [0.1, 0.15) is 47.5 Å². The summed E-state index contributed by atoms with van der Waals surface area (Å²) in [6.45, 7) is 9.93. The van der Waals surface area contributed by atoms with Crippen LogP contribution in [0.15, 0.2) is 0 Å². The lowest BCUT2D eigenvalue weighted by Crippen LogP contribution is -2.55. The molecule has 0 aromatic carbocycles. The summed E-state index contributed by atoms with van der Waals surface area (Å²) in [5.41, 5.74) is 5.94. The van der Waals surface area contributed by atoms with Gasteiger partial charge >= 0.3 is 0 Å². The van der Waals surface area contributed by atoms with Crippen LogP contribution in [0.25, 0.3) is 0 Å². The molecule has 1 aliphatic heterocycles. The van der Waals surface area contributed by atoms with Crippen molar-refractivity contribution in [1.82, 2.24) is 10.2 Å². The molecule has 0 bridgehead atoms. The Labute approximate surface area is 133 Å². The number of hydrogen-bond acceptors (Lipinski definition) is 4. The van der Waals surface area contributed by atoms with E-state index in [1.54, 1.807) is 11.8 Å². The Morgan fingerprint density at radius 3 is 2.23 bits per heavy atom. The molecule has 1 aliphatic rings. The molecule has 22 heavy (non-hydrogen) atoms. The first kappa shape index (κ1) is 18.9. The second-order valence-electron chi connectivity index (χ2n) is 6.98. The molecule has 128 valence electrons. The van der Waals surface area contributed by atoms with E-state index in [1.807, 2.05) is 27.7 Å². The highest BCUT2D eigenvalue weighted by Crippen LogP contribution is 2.20. The molecule has 0 aromatic heterocycles. The number of nitrogens with one attached hydrogen (secondary N) is 1. The summed E-state index contributed by atoms with van der Waals surface area (Å²) in [6.07, 6.45) is 0.815. The SMILES string of the molecule is CC(C)[C@H](NC(=O)[C@@H]1CCCN1C(=O)[C@@H](N)C(C)C)C(C)O. The predicted octanol–water partition coefficient (Wildman–Crippen LogP) is 0.482. The van der Waals surface area contributed by atoms with Gasteiger partial charge in [-0.25, -0.2) is 0 Å². The minimum atomic E-state index is -0.632. The Bertz CT molecular complexity index is 388. The van der Waals surface area contributed by atoms with Crippen LogP contribution in [0.4, 0.5) is 0 Å². The molecule has 1 heterocycles. The van der Waals surface area contributed by atoms with E-state index in [-0.39, 0.29) is 29.7 Å². The van der Waals surface area contributed by atoms with Gasteiger partial charge in [-0.15, -0.1) is 0 Å². The molecule has 2 amide bonds. The Kier molecular flexibility index (Phi) is 6.81. The molecule has 1 rings (SSSR count). The zero-order chi connectivity index (χ0) is 17.0. The molecule has 6 heteroatoms. The van der Waals surface area contributed by atoms with Gasteiger partial charge in [0.05, 0.1) is 18.2 Å². The second kappa shape index (κ2) is 7.92. The number of nitrogens with two attached hydrogens (primary N) is 1. The molecule has 0 aromatic rings. The number of aliphatic hydroxyl groups excluding tert-OH is 1. The number of carbonyl (C=O) groups excluding carboxylic acids is 2. The maximum atomic E-state index is 12.5. The fourth-order valence-corrected chi connectivity index (χ4v) is 2.88. The van der Waals surface area contributed by atoms with Gasteiger partial charge in [-0.3, -0.25) is 9.59 Å². The highest BCUT2D eigenvalue weighted by Gasteiger charge is 2.38. The lowest BCUT2D eigenvalue weighted by atomic mass is 9.98. The van der Waals surface area contributed by atoms with Gasteiger partial charge in [0.1, 0.15) is 6.04 Å². The summed E-state index contributed by atoms with van der Waals surface area (Å²) in [5, 5.41) is 12.7. The van der Waals surface area contributed by atoms with Crippen LogP contribution in [0.5, 0.6) is 0 Å². The van der Waals surface area contributed by atoms with Gasteiger partial charge in [-0.05, 0) is 31.6 Å². The Morgan fingerprint density at radius 1 is 1.18 bits per heavy atom. The number of likely N-dealkylation sites (tertiary alicyclic amines) is 1. The van der Waals surface area contributed by atoms with Gasteiger partial charge in [0.2, 0.25) is 11.8 Å². The zero-order valence-corrected chi connectivity index (χ0v) is 14.4. The maximum Gasteiger partial charge on any atom is 0.243 e. The number of carbonyl (C=O) groups is 2. The lowest BCUT2D eigenvalue weighted by Gasteiger charge is -2.31. The van der Waals surface area contributed by atoms with Crippen molar-refractivity contribution < 1.29 is 14.7 Å². The van der Waals surface area contributed by atoms with Crippen LogP contribution in [0.2, 0.25) is 0 Å². The van der Waals surface area contributed by atoms with Crippen molar-refractivity contribution in [3.05, 3.63) is 0 Å². The van der Waals surface area contributed by atoms with Crippen molar-refractivity contribution in [3.63, 3.8) is 0 Å². The first-order valence-corrected chi connectivity index (χ1v) is 8.21. The summed E-state index contributed by atoms with van der Waals surface area (Å²) in [5.74, 6) is -0.197. The number of hydrogen-bond donors (Lipinski definition) is 3. The fourth-order valence-electron chi connectivity index (χ4n) is 2.88. The van der Waals surface area contributed by atoms with E-state index in [2.05, 4.69) is 5.32 Å². The Hall–Kier alpha value is -1.14. The van der Waals surface area contributed by atoms with Crippen LogP contribution >= 0.6 is 0 Å². The van der Waals surface area contributed by atoms with Crippen LogP contribution in [-0.2, 0) is 9.59 Å². The molecule has 0 spiro atoms. The number of nitrogens with zero attached hydrogens (tertiary/aromatic N) is 1. The van der Waals surface area contributed by atoms with Crippen LogP contribution in [0, 0.1) is 11.8 Å². The minimum absolute atomic E-state index is 0.0395. The second-order valence-corrected chi connectivity index (χ2v) is 6.98. The molecule has 1 unspecified atom stereocenters. The number of aliphatic hydroxyl groups is 1. The molecular formula is C16H31N3O3. The number of rotatable bonds is 6. The first-order valence-electron chi connectivity index (χ1n) is 8.21. The van der Waals surface area contributed by atoms with Crippen molar-refractivity contribution in [3.8, 4) is 0 Å². The third kappa shape index (κ3) is 4.43. The average Bonchev–Trinajstić information content (AvgIpc) is 2.91. The molecular weight excluding hydrogens is 282 g/mol. The zero-order valence-electron chi connectivity index (χ0n) is 14.4. The van der Waals surface area contributed by atoms with E-state index in [1.165, 1.54) is 0 Å². The van der Waals surface area contributed by atoms with Crippen molar-refractivity contribution >= 4 is 11.8 Å². The van der Waals surface area contributed by atoms with E-state index in [0.29, 0.717) is 13.0 Å². The van der Waals surface area contributed by atoms with E-state index >= 15 is 0 Å². The Balaban J connectivity index is 2.77. The quantitative estimate of drug-likeness (QED) is 0.665. The first-order chi connectivity index (χ1) is 10.2. The summed E-state index contributed by atoms with van der Waals surface area (Å²) >= 11 is 0. The van der Waals surface area contributed by atoms with E-state index in [4.69, 9.17) is 5.73 Å². The van der Waals surface area contributed by atoms with Gasteiger partial charge in [-0.2, -0.15) is 0 Å². The molecule has 4 atom stereocenters. The monoisotopic (exact) mass is 313 g/mol. The van der Waals surface area contributed by atoms with Crippen molar-refractivity contribution in [2.24, 2.45) is 17.6 Å². The van der Waals surface area contributed by atoms with Crippen LogP contribution in [-0.4, -0.2) is 52.6 Å².